The first kappa shape index (κ1) is 15.2. The third-order valence-electron chi connectivity index (χ3n) is 3.09. The summed E-state index contributed by atoms with van der Waals surface area (Å²) in [4.78, 5) is 40.8. The maximum absolute atomic E-state index is 12.5. The predicted octanol–water partition coefficient (Wildman–Crippen LogP) is 0.654. The van der Waals surface area contributed by atoms with Gasteiger partial charge in [0.2, 0.25) is 11.8 Å². The van der Waals surface area contributed by atoms with Gasteiger partial charge in [-0.05, 0) is 26.0 Å². The smallest absolute Gasteiger partial charge is 0.275 e. The molecule has 2 rings (SSSR count). The highest BCUT2D eigenvalue weighted by molar-refractivity contribution is 6.33. The Morgan fingerprint density at radius 1 is 1.52 bits per heavy atom. The van der Waals surface area contributed by atoms with Gasteiger partial charge < -0.3 is 10.2 Å². The van der Waals surface area contributed by atoms with Crippen molar-refractivity contribution in [2.45, 2.75) is 19.9 Å². The summed E-state index contributed by atoms with van der Waals surface area (Å²) in [6.45, 7) is 3.88. The SMILES string of the molecule is CCNc1ccc(Cl)c(C(=O)N2CC(=O)NC(=O)C2C)n1. The Morgan fingerprint density at radius 2 is 2.24 bits per heavy atom. The average Bonchev–Trinajstić information content (AvgIpc) is 2.44. The molecule has 0 radical (unpaired) electrons. The van der Waals surface area contributed by atoms with Crippen molar-refractivity contribution in [3.8, 4) is 0 Å². The molecular weight excluding hydrogens is 296 g/mol. The van der Waals surface area contributed by atoms with Gasteiger partial charge in [-0.3, -0.25) is 19.7 Å². The summed E-state index contributed by atoms with van der Waals surface area (Å²) < 4.78 is 0. The first-order valence-electron chi connectivity index (χ1n) is 6.49. The van der Waals surface area contributed by atoms with Crippen LogP contribution >= 0.6 is 11.6 Å². The van der Waals surface area contributed by atoms with E-state index in [9.17, 15) is 14.4 Å². The van der Waals surface area contributed by atoms with Crippen LogP contribution in [-0.4, -0.2) is 46.7 Å². The minimum absolute atomic E-state index is 0.0180. The van der Waals surface area contributed by atoms with Crippen molar-refractivity contribution >= 4 is 35.1 Å². The van der Waals surface area contributed by atoms with Crippen molar-refractivity contribution in [1.29, 1.82) is 0 Å². The summed E-state index contributed by atoms with van der Waals surface area (Å²) in [5.74, 6) is -1.08. The lowest BCUT2D eigenvalue weighted by atomic mass is 10.1. The second-order valence-corrected chi connectivity index (χ2v) is 4.99. The number of halogens is 1. The van der Waals surface area contributed by atoms with Crippen LogP contribution in [0.25, 0.3) is 0 Å². The summed E-state index contributed by atoms with van der Waals surface area (Å²) in [6.07, 6.45) is 0. The Balaban J connectivity index is 2.32. The molecular formula is C13H15ClN4O3. The number of nitrogens with one attached hydrogen (secondary N) is 2. The van der Waals surface area contributed by atoms with E-state index in [1.807, 2.05) is 6.92 Å². The number of anilines is 1. The summed E-state index contributed by atoms with van der Waals surface area (Å²) in [5.41, 5.74) is 0.0180. The van der Waals surface area contributed by atoms with Crippen LogP contribution in [0.15, 0.2) is 12.1 Å². The van der Waals surface area contributed by atoms with Crippen LogP contribution in [0.1, 0.15) is 24.3 Å². The Kier molecular flexibility index (Phi) is 4.42. The standard InChI is InChI=1S/C13H15ClN4O3/c1-3-15-9-5-4-8(14)11(16-9)13(21)18-6-10(19)17-12(20)7(18)2/h4-5,7H,3,6H2,1-2H3,(H,15,16)(H,17,19,20). The highest BCUT2D eigenvalue weighted by atomic mass is 35.5. The van der Waals surface area contributed by atoms with Gasteiger partial charge in [-0.25, -0.2) is 4.98 Å². The number of pyridine rings is 1. The number of amides is 3. The quantitative estimate of drug-likeness (QED) is 0.800. The molecule has 0 aromatic carbocycles. The van der Waals surface area contributed by atoms with Crippen molar-refractivity contribution in [3.63, 3.8) is 0 Å². The fraction of sp³-hybridized carbons (Fsp3) is 0.385. The van der Waals surface area contributed by atoms with Gasteiger partial charge in [0.1, 0.15) is 24.1 Å². The lowest BCUT2D eigenvalue weighted by molar-refractivity contribution is -0.138. The van der Waals surface area contributed by atoms with Gasteiger partial charge in [0, 0.05) is 6.54 Å². The number of carbonyl (C=O) groups is 3. The number of imide groups is 1. The molecule has 2 heterocycles. The van der Waals surface area contributed by atoms with Crippen LogP contribution in [0.4, 0.5) is 5.82 Å². The van der Waals surface area contributed by atoms with Crippen molar-refractivity contribution in [2.24, 2.45) is 0 Å². The Bertz CT molecular complexity index is 605. The lowest BCUT2D eigenvalue weighted by Gasteiger charge is -2.31. The number of nitrogens with zero attached hydrogens (tertiary/aromatic N) is 2. The van der Waals surface area contributed by atoms with Crippen molar-refractivity contribution < 1.29 is 14.4 Å². The molecule has 0 bridgehead atoms. The zero-order valence-electron chi connectivity index (χ0n) is 11.6. The molecule has 1 aromatic heterocycles. The second-order valence-electron chi connectivity index (χ2n) is 4.58. The number of piperazine rings is 1. The van der Waals surface area contributed by atoms with Crippen molar-refractivity contribution in [1.82, 2.24) is 15.2 Å². The normalized spacial score (nSPS) is 18.4. The molecule has 1 fully saturated rings. The zero-order valence-corrected chi connectivity index (χ0v) is 12.4. The van der Waals surface area contributed by atoms with E-state index in [1.165, 1.54) is 0 Å². The lowest BCUT2D eigenvalue weighted by Crippen LogP contribution is -2.58. The maximum Gasteiger partial charge on any atom is 0.275 e. The van der Waals surface area contributed by atoms with E-state index in [2.05, 4.69) is 15.6 Å². The molecule has 112 valence electrons. The van der Waals surface area contributed by atoms with E-state index in [0.717, 1.165) is 4.90 Å². The minimum atomic E-state index is -0.754. The number of hydrogen-bond donors (Lipinski definition) is 2. The Morgan fingerprint density at radius 3 is 2.90 bits per heavy atom. The molecule has 0 spiro atoms. The predicted molar refractivity (Wildman–Crippen MR) is 77.1 cm³/mol. The Hall–Kier alpha value is -2.15. The minimum Gasteiger partial charge on any atom is -0.370 e. The van der Waals surface area contributed by atoms with E-state index in [4.69, 9.17) is 11.6 Å². The van der Waals surface area contributed by atoms with Crippen LogP contribution in [0.5, 0.6) is 0 Å². The van der Waals surface area contributed by atoms with Crippen molar-refractivity contribution in [2.75, 3.05) is 18.4 Å². The molecule has 1 aromatic rings. The molecule has 1 saturated heterocycles. The van der Waals surface area contributed by atoms with E-state index in [0.29, 0.717) is 12.4 Å². The molecule has 3 amide bonds. The molecule has 2 N–H and O–H groups in total. The van der Waals surface area contributed by atoms with Crippen LogP contribution in [-0.2, 0) is 9.59 Å². The van der Waals surface area contributed by atoms with Crippen LogP contribution in [0.2, 0.25) is 5.02 Å². The zero-order chi connectivity index (χ0) is 15.6. The van der Waals surface area contributed by atoms with Crippen LogP contribution in [0.3, 0.4) is 0 Å². The van der Waals surface area contributed by atoms with E-state index in [1.54, 1.807) is 19.1 Å². The van der Waals surface area contributed by atoms with Gasteiger partial charge in [0.05, 0.1) is 5.02 Å². The average molecular weight is 311 g/mol. The molecule has 7 nitrogen and oxygen atoms in total. The van der Waals surface area contributed by atoms with Gasteiger partial charge in [-0.15, -0.1) is 0 Å². The fourth-order valence-corrected chi connectivity index (χ4v) is 2.16. The molecule has 1 atom stereocenters. The first-order valence-corrected chi connectivity index (χ1v) is 6.87. The molecule has 0 saturated carbocycles. The molecule has 1 unspecified atom stereocenters. The number of hydrogen-bond acceptors (Lipinski definition) is 5. The number of rotatable bonds is 3. The summed E-state index contributed by atoms with van der Waals surface area (Å²) in [7, 11) is 0. The van der Waals surface area contributed by atoms with Gasteiger partial charge in [0.25, 0.3) is 5.91 Å². The molecule has 8 heteroatoms. The number of carbonyl (C=O) groups excluding carboxylic acids is 3. The largest absolute Gasteiger partial charge is 0.370 e. The van der Waals surface area contributed by atoms with Gasteiger partial charge in [-0.1, -0.05) is 11.6 Å². The van der Waals surface area contributed by atoms with E-state index >= 15 is 0 Å². The second kappa shape index (κ2) is 6.09. The Labute approximate surface area is 126 Å². The third kappa shape index (κ3) is 3.13. The third-order valence-corrected chi connectivity index (χ3v) is 3.40. The van der Waals surface area contributed by atoms with E-state index in [-0.39, 0.29) is 17.3 Å². The molecule has 0 aliphatic carbocycles. The topological polar surface area (TPSA) is 91.4 Å². The fourth-order valence-electron chi connectivity index (χ4n) is 1.97. The van der Waals surface area contributed by atoms with Crippen LogP contribution < -0.4 is 10.6 Å². The van der Waals surface area contributed by atoms with Gasteiger partial charge in [-0.2, -0.15) is 0 Å². The summed E-state index contributed by atoms with van der Waals surface area (Å²) in [6, 6.07) is 2.45. The van der Waals surface area contributed by atoms with Crippen LogP contribution in [0, 0.1) is 0 Å². The summed E-state index contributed by atoms with van der Waals surface area (Å²) in [5, 5.41) is 5.32. The first-order chi connectivity index (χ1) is 9.93. The monoisotopic (exact) mass is 310 g/mol. The molecule has 1 aliphatic rings. The van der Waals surface area contributed by atoms with Gasteiger partial charge >= 0.3 is 0 Å². The van der Waals surface area contributed by atoms with Crippen molar-refractivity contribution in [3.05, 3.63) is 22.8 Å². The van der Waals surface area contributed by atoms with Gasteiger partial charge in [0.15, 0.2) is 0 Å². The molecule has 21 heavy (non-hydrogen) atoms. The van der Waals surface area contributed by atoms with E-state index < -0.39 is 23.8 Å². The number of aromatic nitrogens is 1. The highest BCUT2D eigenvalue weighted by Gasteiger charge is 2.35. The molecule has 1 aliphatic heterocycles. The summed E-state index contributed by atoms with van der Waals surface area (Å²) >= 11 is 6.01. The maximum atomic E-state index is 12.5. The highest BCUT2D eigenvalue weighted by Crippen LogP contribution is 2.20.